The first kappa shape index (κ1) is 24.6. The molecule has 0 aliphatic carbocycles. The molecule has 0 bridgehead atoms. The summed E-state index contributed by atoms with van der Waals surface area (Å²) in [4.78, 5) is 16.4. The molecule has 3 heterocycles. The summed E-state index contributed by atoms with van der Waals surface area (Å²) < 4.78 is 44.7. The zero-order chi connectivity index (χ0) is 25.8. The molecule has 5 rings (SSSR count). The van der Waals surface area contributed by atoms with Crippen LogP contribution in [0.5, 0.6) is 5.75 Å². The molecule has 0 spiro atoms. The largest absolute Gasteiger partial charge is 0.490 e. The average Bonchev–Trinajstić information content (AvgIpc) is 3.32. The molecule has 8 nitrogen and oxygen atoms in total. The second-order valence-corrected chi connectivity index (χ2v) is 8.76. The number of carbonyl (C=O) groups excluding carboxylic acids is 1. The van der Waals surface area contributed by atoms with Crippen molar-refractivity contribution in [1.29, 1.82) is 0 Å². The first-order valence-corrected chi connectivity index (χ1v) is 11.9. The monoisotopic (exact) mass is 510 g/mol. The predicted octanol–water partition coefficient (Wildman–Crippen LogP) is 4.88. The van der Waals surface area contributed by atoms with E-state index < -0.39 is 18.8 Å². The average molecular weight is 511 g/mol. The van der Waals surface area contributed by atoms with Gasteiger partial charge in [-0.05, 0) is 61.3 Å². The van der Waals surface area contributed by atoms with Gasteiger partial charge in [-0.25, -0.2) is 14.3 Å². The fourth-order valence-electron chi connectivity index (χ4n) is 4.18. The van der Waals surface area contributed by atoms with Crippen molar-refractivity contribution >= 4 is 17.4 Å². The molecule has 2 aromatic heterocycles. The molecule has 1 fully saturated rings. The Morgan fingerprint density at radius 2 is 1.84 bits per heavy atom. The summed E-state index contributed by atoms with van der Waals surface area (Å²) in [5.74, 6) is 0.839. The van der Waals surface area contributed by atoms with E-state index in [0.29, 0.717) is 16.9 Å². The number of nitrogens with zero attached hydrogens (tertiary/aromatic N) is 3. The van der Waals surface area contributed by atoms with Crippen LogP contribution in [0.1, 0.15) is 12.8 Å². The molecular formula is C26H25F3N6O2. The van der Waals surface area contributed by atoms with Crippen molar-refractivity contribution in [1.82, 2.24) is 25.2 Å². The van der Waals surface area contributed by atoms with Crippen molar-refractivity contribution in [3.63, 3.8) is 0 Å². The Bertz CT molecular complexity index is 1380. The van der Waals surface area contributed by atoms with Crippen LogP contribution >= 0.6 is 0 Å². The molecule has 11 heteroatoms. The molecule has 3 N–H and O–H groups in total. The molecule has 0 saturated carbocycles. The minimum absolute atomic E-state index is 0.232. The number of aromatic nitrogens is 3. The number of urea groups is 1. The fraction of sp³-hybridized carbons (Fsp3) is 0.269. The minimum Gasteiger partial charge on any atom is -0.490 e. The summed E-state index contributed by atoms with van der Waals surface area (Å²) in [5.41, 5.74) is 4.24. The molecule has 0 radical (unpaired) electrons. The number of nitrogens with one attached hydrogen (secondary N) is 3. The van der Waals surface area contributed by atoms with Crippen LogP contribution in [0, 0.1) is 0 Å². The third-order valence-electron chi connectivity index (χ3n) is 6.01. The van der Waals surface area contributed by atoms with Gasteiger partial charge >= 0.3 is 12.2 Å². The van der Waals surface area contributed by atoms with Crippen molar-refractivity contribution in [3.8, 4) is 28.0 Å². The number of amides is 2. The van der Waals surface area contributed by atoms with Gasteiger partial charge in [-0.3, -0.25) is 0 Å². The van der Waals surface area contributed by atoms with E-state index in [0.717, 1.165) is 48.4 Å². The molecule has 1 aliphatic rings. The number of halogens is 3. The van der Waals surface area contributed by atoms with Gasteiger partial charge in [-0.15, -0.1) is 0 Å². The molecule has 1 aliphatic heterocycles. The van der Waals surface area contributed by atoms with Gasteiger partial charge in [0.2, 0.25) is 0 Å². The normalized spacial score (nSPS) is 14.5. The molecule has 192 valence electrons. The van der Waals surface area contributed by atoms with E-state index in [1.165, 1.54) is 0 Å². The van der Waals surface area contributed by atoms with Gasteiger partial charge in [-0.2, -0.15) is 18.3 Å². The van der Waals surface area contributed by atoms with Gasteiger partial charge in [-0.1, -0.05) is 24.3 Å². The number of hydrogen-bond donors (Lipinski definition) is 3. The van der Waals surface area contributed by atoms with Crippen LogP contribution in [0.3, 0.4) is 0 Å². The lowest BCUT2D eigenvalue weighted by Gasteiger charge is -2.23. The number of benzene rings is 2. The van der Waals surface area contributed by atoms with Crippen LogP contribution in [0.2, 0.25) is 0 Å². The van der Waals surface area contributed by atoms with Crippen LogP contribution in [-0.2, 0) is 0 Å². The van der Waals surface area contributed by atoms with Gasteiger partial charge in [0.25, 0.3) is 0 Å². The summed E-state index contributed by atoms with van der Waals surface area (Å²) in [7, 11) is 0. The maximum atomic E-state index is 12.3. The van der Waals surface area contributed by atoms with Crippen molar-refractivity contribution < 1.29 is 22.7 Å². The smallest absolute Gasteiger partial charge is 0.405 e. The number of rotatable bonds is 6. The van der Waals surface area contributed by atoms with Gasteiger partial charge in [0.1, 0.15) is 18.4 Å². The maximum absolute atomic E-state index is 12.3. The summed E-state index contributed by atoms with van der Waals surface area (Å²) in [6.45, 7) is 0.531. The van der Waals surface area contributed by atoms with Crippen LogP contribution in [0.25, 0.3) is 27.9 Å². The van der Waals surface area contributed by atoms with E-state index in [1.54, 1.807) is 40.4 Å². The Kier molecular flexibility index (Phi) is 6.95. The second kappa shape index (κ2) is 10.5. The standard InChI is InChI=1S/C26H25F3N6O2/c27-26(28,29)16-32-25(36)34-20-3-1-2-18(12-20)23-14-33-35-15-19(13-31-24(23)35)17-4-6-21(7-5-17)37-22-8-10-30-11-9-22/h1-7,12-15,22,30H,8-11,16H2,(H2,32,34,36). The molecule has 2 amide bonds. The predicted molar refractivity (Wildman–Crippen MR) is 133 cm³/mol. The SMILES string of the molecule is O=C(NCC(F)(F)F)Nc1cccc(-c2cnn3cc(-c4ccc(OC5CCNCC5)cc4)cnc23)c1. The highest BCUT2D eigenvalue weighted by molar-refractivity contribution is 5.90. The van der Waals surface area contributed by atoms with E-state index in [2.05, 4.69) is 20.7 Å². The number of carbonyl (C=O) groups is 1. The quantitative estimate of drug-likeness (QED) is 0.344. The van der Waals surface area contributed by atoms with Gasteiger partial charge in [0.15, 0.2) is 5.65 Å². The van der Waals surface area contributed by atoms with Crippen LogP contribution in [0.15, 0.2) is 67.1 Å². The Labute approximate surface area is 210 Å². The van der Waals surface area contributed by atoms with Crippen LogP contribution in [0.4, 0.5) is 23.7 Å². The molecule has 37 heavy (non-hydrogen) atoms. The molecule has 0 unspecified atom stereocenters. The van der Waals surface area contributed by atoms with Crippen LogP contribution in [-0.4, -0.2) is 52.5 Å². The first-order chi connectivity index (χ1) is 17.8. The highest BCUT2D eigenvalue weighted by atomic mass is 19.4. The molecular weight excluding hydrogens is 485 g/mol. The van der Waals surface area contributed by atoms with Crippen molar-refractivity contribution in [3.05, 3.63) is 67.1 Å². The lowest BCUT2D eigenvalue weighted by molar-refractivity contribution is -0.122. The molecule has 2 aromatic carbocycles. The zero-order valence-corrected chi connectivity index (χ0v) is 19.8. The number of piperidine rings is 1. The minimum atomic E-state index is -4.48. The lowest BCUT2D eigenvalue weighted by Crippen LogP contribution is -2.36. The van der Waals surface area contributed by atoms with E-state index >= 15 is 0 Å². The van der Waals surface area contributed by atoms with E-state index in [9.17, 15) is 18.0 Å². The highest BCUT2D eigenvalue weighted by Gasteiger charge is 2.27. The Morgan fingerprint density at radius 1 is 1.05 bits per heavy atom. The first-order valence-electron chi connectivity index (χ1n) is 11.9. The van der Waals surface area contributed by atoms with Gasteiger partial charge in [0, 0.05) is 29.2 Å². The topological polar surface area (TPSA) is 92.6 Å². The van der Waals surface area contributed by atoms with Gasteiger partial charge in [0.05, 0.1) is 6.20 Å². The summed E-state index contributed by atoms with van der Waals surface area (Å²) >= 11 is 0. The van der Waals surface area contributed by atoms with E-state index in [4.69, 9.17) is 4.74 Å². The number of hydrogen-bond acceptors (Lipinski definition) is 5. The van der Waals surface area contributed by atoms with E-state index in [-0.39, 0.29) is 6.10 Å². The van der Waals surface area contributed by atoms with Crippen molar-refractivity contribution in [2.24, 2.45) is 0 Å². The van der Waals surface area contributed by atoms with Gasteiger partial charge < -0.3 is 20.7 Å². The number of ether oxygens (including phenoxy) is 1. The summed E-state index contributed by atoms with van der Waals surface area (Å²) in [6, 6.07) is 13.7. The third kappa shape index (κ3) is 6.18. The number of alkyl halides is 3. The maximum Gasteiger partial charge on any atom is 0.405 e. The molecule has 4 aromatic rings. The summed E-state index contributed by atoms with van der Waals surface area (Å²) in [6.07, 6.45) is 3.03. The second-order valence-electron chi connectivity index (χ2n) is 8.76. The third-order valence-corrected chi connectivity index (χ3v) is 6.01. The number of anilines is 1. The van der Waals surface area contributed by atoms with Crippen LogP contribution < -0.4 is 20.7 Å². The fourth-order valence-corrected chi connectivity index (χ4v) is 4.18. The number of fused-ring (bicyclic) bond motifs is 1. The van der Waals surface area contributed by atoms with E-state index in [1.807, 2.05) is 36.5 Å². The molecule has 0 atom stereocenters. The Balaban J connectivity index is 1.30. The van der Waals surface area contributed by atoms with Crippen molar-refractivity contribution in [2.75, 3.05) is 25.0 Å². The van der Waals surface area contributed by atoms with Crippen molar-refractivity contribution in [2.45, 2.75) is 25.1 Å². The Morgan fingerprint density at radius 3 is 2.59 bits per heavy atom. The Hall–Kier alpha value is -4.12. The summed E-state index contributed by atoms with van der Waals surface area (Å²) in [5, 5.41) is 12.0. The molecule has 1 saturated heterocycles. The highest BCUT2D eigenvalue weighted by Crippen LogP contribution is 2.28. The zero-order valence-electron chi connectivity index (χ0n) is 19.8. The lowest BCUT2D eigenvalue weighted by atomic mass is 10.1.